The van der Waals surface area contributed by atoms with Gasteiger partial charge in [0.05, 0.1) is 4.90 Å². The molecule has 1 unspecified atom stereocenters. The Balaban J connectivity index is 2.32. The van der Waals surface area contributed by atoms with E-state index in [4.69, 9.17) is 0 Å². The van der Waals surface area contributed by atoms with Gasteiger partial charge in [0.25, 0.3) is 0 Å². The molecule has 2 rings (SSSR count). The maximum atomic E-state index is 12.6. The van der Waals surface area contributed by atoms with Gasteiger partial charge in [-0.15, -0.1) is 0 Å². The third-order valence-electron chi connectivity index (χ3n) is 3.66. The predicted octanol–water partition coefficient (Wildman–Crippen LogP) is 2.31. The second-order valence-electron chi connectivity index (χ2n) is 5.38. The van der Waals surface area contributed by atoms with E-state index in [2.05, 4.69) is 0 Å². The van der Waals surface area contributed by atoms with Crippen molar-refractivity contribution in [3.05, 3.63) is 65.7 Å². The third kappa shape index (κ3) is 3.97. The van der Waals surface area contributed by atoms with Gasteiger partial charge in [-0.05, 0) is 31.0 Å². The fourth-order valence-electron chi connectivity index (χ4n) is 2.36. The number of hydrogen-bond donors (Lipinski definition) is 1. The highest BCUT2D eigenvalue weighted by Gasteiger charge is 2.32. The molecule has 2 aromatic carbocycles. The molecule has 1 N–H and O–H groups in total. The van der Waals surface area contributed by atoms with Gasteiger partial charge < -0.3 is 5.11 Å². The van der Waals surface area contributed by atoms with Crippen LogP contribution in [0.15, 0.2) is 59.5 Å². The van der Waals surface area contributed by atoms with Crippen LogP contribution in [0.4, 0.5) is 0 Å². The quantitative estimate of drug-likeness (QED) is 0.880. The number of sulfonamides is 1. The Morgan fingerprint density at radius 3 is 2.35 bits per heavy atom. The molecule has 0 aliphatic carbocycles. The van der Waals surface area contributed by atoms with Gasteiger partial charge in [0.2, 0.25) is 10.0 Å². The third-order valence-corrected chi connectivity index (χ3v) is 5.54. The van der Waals surface area contributed by atoms with Crippen molar-refractivity contribution in [2.24, 2.45) is 0 Å². The fraction of sp³-hybridized carbons (Fsp3) is 0.235. The molecule has 0 aliphatic rings. The molecule has 0 heterocycles. The van der Waals surface area contributed by atoms with Crippen LogP contribution < -0.4 is 0 Å². The molecule has 0 spiro atoms. The van der Waals surface area contributed by atoms with Crippen molar-refractivity contribution in [3.63, 3.8) is 0 Å². The first-order valence-corrected chi connectivity index (χ1v) is 8.58. The van der Waals surface area contributed by atoms with Crippen molar-refractivity contribution in [3.8, 4) is 0 Å². The Kier molecular flexibility index (Phi) is 5.18. The van der Waals surface area contributed by atoms with Crippen molar-refractivity contribution in [2.75, 3.05) is 7.05 Å². The molecule has 0 saturated carbocycles. The largest absolute Gasteiger partial charge is 0.480 e. The molecule has 0 aromatic heterocycles. The number of aryl methyl sites for hydroxylation is 1. The smallest absolute Gasteiger partial charge is 0.322 e. The number of nitrogens with zero attached hydrogens (tertiary/aromatic N) is 1. The Hall–Kier alpha value is -2.18. The van der Waals surface area contributed by atoms with Crippen LogP contribution in [0.25, 0.3) is 0 Å². The molecular formula is C17H19NO4S. The van der Waals surface area contributed by atoms with Crippen molar-refractivity contribution < 1.29 is 18.3 Å². The van der Waals surface area contributed by atoms with Crippen molar-refractivity contribution in [1.82, 2.24) is 4.31 Å². The molecule has 5 nitrogen and oxygen atoms in total. The minimum atomic E-state index is -3.86. The second kappa shape index (κ2) is 6.93. The molecule has 122 valence electrons. The normalized spacial score (nSPS) is 13.0. The van der Waals surface area contributed by atoms with E-state index in [0.717, 1.165) is 15.4 Å². The van der Waals surface area contributed by atoms with Gasteiger partial charge in [-0.3, -0.25) is 4.79 Å². The Labute approximate surface area is 136 Å². The van der Waals surface area contributed by atoms with Gasteiger partial charge in [0.1, 0.15) is 6.04 Å². The Bertz CT molecular complexity index is 787. The average Bonchev–Trinajstić information content (AvgIpc) is 2.52. The molecule has 0 saturated heterocycles. The standard InChI is InChI=1S/C17H19NO4S/c1-13-7-6-8-14(11-13)12-16(17(19)20)18(2)23(21,22)15-9-4-3-5-10-15/h3-11,16H,12H2,1-2H3,(H,19,20). The molecule has 0 amide bonds. The van der Waals surface area contributed by atoms with E-state index >= 15 is 0 Å². The first-order valence-electron chi connectivity index (χ1n) is 7.14. The number of aliphatic carboxylic acids is 1. The molecule has 2 aromatic rings. The number of carboxylic acid groups (broad SMARTS) is 1. The molecule has 23 heavy (non-hydrogen) atoms. The van der Waals surface area contributed by atoms with Gasteiger partial charge in [0, 0.05) is 7.05 Å². The molecule has 0 bridgehead atoms. The van der Waals surface area contributed by atoms with Gasteiger partial charge >= 0.3 is 5.97 Å². The minimum absolute atomic E-state index is 0.0815. The first kappa shape index (κ1) is 17.2. The van der Waals surface area contributed by atoms with E-state index < -0.39 is 22.0 Å². The van der Waals surface area contributed by atoms with Gasteiger partial charge in [-0.2, -0.15) is 4.31 Å². The summed E-state index contributed by atoms with van der Waals surface area (Å²) in [6, 6.07) is 14.1. The van der Waals surface area contributed by atoms with Crippen LogP contribution in [0.1, 0.15) is 11.1 Å². The van der Waals surface area contributed by atoms with Crippen LogP contribution in [0, 0.1) is 6.92 Å². The summed E-state index contributed by atoms with van der Waals surface area (Å²) in [5.41, 5.74) is 1.78. The summed E-state index contributed by atoms with van der Waals surface area (Å²) >= 11 is 0. The fourth-order valence-corrected chi connectivity index (χ4v) is 3.69. The van der Waals surface area contributed by atoms with E-state index in [0.29, 0.717) is 0 Å². The zero-order valence-electron chi connectivity index (χ0n) is 13.0. The van der Waals surface area contributed by atoms with E-state index in [1.807, 2.05) is 25.1 Å². The van der Waals surface area contributed by atoms with Crippen LogP contribution in [-0.4, -0.2) is 36.9 Å². The SMILES string of the molecule is Cc1cccc(CC(C(=O)O)N(C)S(=O)(=O)c2ccccc2)c1. The van der Waals surface area contributed by atoms with Crippen LogP contribution in [0.5, 0.6) is 0 Å². The van der Waals surface area contributed by atoms with E-state index in [-0.39, 0.29) is 11.3 Å². The summed E-state index contributed by atoms with van der Waals surface area (Å²) in [6.07, 6.45) is 0.111. The summed E-state index contributed by atoms with van der Waals surface area (Å²) in [6.45, 7) is 1.91. The average molecular weight is 333 g/mol. The molecule has 0 fully saturated rings. The highest BCUT2D eigenvalue weighted by molar-refractivity contribution is 7.89. The summed E-state index contributed by atoms with van der Waals surface area (Å²) in [5.74, 6) is -1.17. The van der Waals surface area contributed by atoms with Crippen LogP contribution in [-0.2, 0) is 21.2 Å². The number of benzene rings is 2. The predicted molar refractivity (Wildman–Crippen MR) is 87.7 cm³/mol. The highest BCUT2D eigenvalue weighted by atomic mass is 32.2. The number of carboxylic acids is 1. The summed E-state index contributed by atoms with van der Waals surface area (Å²) in [5, 5.41) is 9.48. The van der Waals surface area contributed by atoms with Crippen molar-refractivity contribution >= 4 is 16.0 Å². The lowest BCUT2D eigenvalue weighted by atomic mass is 10.0. The van der Waals surface area contributed by atoms with Crippen LogP contribution in [0.2, 0.25) is 0 Å². The maximum Gasteiger partial charge on any atom is 0.322 e. The number of likely N-dealkylation sites (N-methyl/N-ethyl adjacent to an activating group) is 1. The van der Waals surface area contributed by atoms with Gasteiger partial charge in [0.15, 0.2) is 0 Å². The van der Waals surface area contributed by atoms with Crippen molar-refractivity contribution in [1.29, 1.82) is 0 Å². The zero-order valence-corrected chi connectivity index (χ0v) is 13.8. The van der Waals surface area contributed by atoms with Crippen LogP contribution >= 0.6 is 0 Å². The molecular weight excluding hydrogens is 314 g/mol. The topological polar surface area (TPSA) is 74.7 Å². The zero-order chi connectivity index (χ0) is 17.0. The lowest BCUT2D eigenvalue weighted by Gasteiger charge is -2.24. The van der Waals surface area contributed by atoms with E-state index in [9.17, 15) is 18.3 Å². The summed E-state index contributed by atoms with van der Waals surface area (Å²) in [4.78, 5) is 11.7. The van der Waals surface area contributed by atoms with E-state index in [1.165, 1.54) is 19.2 Å². The summed E-state index contributed by atoms with van der Waals surface area (Å²) in [7, 11) is -2.56. The monoisotopic (exact) mass is 333 g/mol. The first-order chi connectivity index (χ1) is 10.8. The van der Waals surface area contributed by atoms with Crippen LogP contribution in [0.3, 0.4) is 0 Å². The number of hydrogen-bond acceptors (Lipinski definition) is 3. The van der Waals surface area contributed by atoms with Crippen molar-refractivity contribution in [2.45, 2.75) is 24.3 Å². The second-order valence-corrected chi connectivity index (χ2v) is 7.38. The number of rotatable bonds is 6. The molecule has 0 aliphatic heterocycles. The minimum Gasteiger partial charge on any atom is -0.480 e. The maximum absolute atomic E-state index is 12.6. The Morgan fingerprint density at radius 1 is 1.13 bits per heavy atom. The number of carbonyl (C=O) groups is 1. The summed E-state index contributed by atoms with van der Waals surface area (Å²) < 4.78 is 26.1. The molecule has 6 heteroatoms. The Morgan fingerprint density at radius 2 is 1.78 bits per heavy atom. The lowest BCUT2D eigenvalue weighted by molar-refractivity contribution is -0.141. The lowest BCUT2D eigenvalue weighted by Crippen LogP contribution is -2.43. The molecule has 1 atom stereocenters. The van der Waals surface area contributed by atoms with Gasteiger partial charge in [-0.1, -0.05) is 48.0 Å². The van der Waals surface area contributed by atoms with Gasteiger partial charge in [-0.25, -0.2) is 8.42 Å². The highest BCUT2D eigenvalue weighted by Crippen LogP contribution is 2.19. The molecule has 0 radical (unpaired) electrons. The van der Waals surface area contributed by atoms with E-state index in [1.54, 1.807) is 24.3 Å².